The van der Waals surface area contributed by atoms with E-state index in [0.29, 0.717) is 27.2 Å². The lowest BCUT2D eigenvalue weighted by Gasteiger charge is -2.05. The van der Waals surface area contributed by atoms with E-state index < -0.39 is 11.3 Å². The second-order valence-corrected chi connectivity index (χ2v) is 6.04. The number of H-pyrrole nitrogens is 1. The lowest BCUT2D eigenvalue weighted by molar-refractivity contribution is 0.472. The normalized spacial score (nSPS) is 11.9. The highest BCUT2D eigenvalue weighted by Crippen LogP contribution is 2.33. The molecule has 3 heterocycles. The van der Waals surface area contributed by atoms with E-state index in [2.05, 4.69) is 4.98 Å². The Morgan fingerprint density at radius 3 is 2.56 bits per heavy atom. The number of fused-ring (bicyclic) bond motifs is 7. The average Bonchev–Trinajstić information content (AvgIpc) is 2.93. The van der Waals surface area contributed by atoms with Crippen LogP contribution < -0.4 is 11.3 Å². The number of phenols is 1. The molecule has 2 aromatic carbocycles. The van der Waals surface area contributed by atoms with Crippen molar-refractivity contribution in [3.8, 4) is 5.75 Å². The molecule has 0 saturated heterocycles. The summed E-state index contributed by atoms with van der Waals surface area (Å²) in [5.74, 6) is -0.0264. The van der Waals surface area contributed by atoms with Crippen molar-refractivity contribution in [2.24, 2.45) is 0 Å². The van der Waals surface area contributed by atoms with E-state index in [-0.39, 0.29) is 22.3 Å². The van der Waals surface area contributed by atoms with Crippen LogP contribution in [0.4, 0.5) is 0 Å². The Hall–Kier alpha value is -3.54. The van der Waals surface area contributed by atoms with E-state index in [9.17, 15) is 14.7 Å². The molecule has 0 saturated carbocycles. The van der Waals surface area contributed by atoms with Gasteiger partial charge in [0.2, 0.25) is 0 Å². The molecule has 25 heavy (non-hydrogen) atoms. The van der Waals surface area contributed by atoms with Crippen molar-refractivity contribution in [1.29, 1.82) is 0 Å². The molecule has 2 N–H and O–H groups in total. The molecule has 0 unspecified atom stereocenters. The minimum atomic E-state index is -0.632. The quantitative estimate of drug-likeness (QED) is 0.334. The summed E-state index contributed by atoms with van der Waals surface area (Å²) >= 11 is 0. The molecule has 0 fully saturated rings. The van der Waals surface area contributed by atoms with Crippen LogP contribution in [0.25, 0.3) is 43.7 Å². The van der Waals surface area contributed by atoms with Crippen molar-refractivity contribution >= 4 is 43.7 Å². The first-order valence-corrected chi connectivity index (χ1v) is 7.68. The van der Waals surface area contributed by atoms with Gasteiger partial charge in [0.15, 0.2) is 5.58 Å². The molecule has 0 aliphatic heterocycles. The van der Waals surface area contributed by atoms with Crippen LogP contribution in [0, 0.1) is 6.92 Å². The van der Waals surface area contributed by atoms with Crippen molar-refractivity contribution in [2.45, 2.75) is 6.92 Å². The van der Waals surface area contributed by atoms with Crippen LogP contribution in [0.15, 0.2) is 54.8 Å². The standard InChI is InChI=1S/C19H11NO5/c1-8-6-9(21)7-12-13(8)17-15(19(23)24-12)16-14(18(22)25-17)10-4-2-3-5-11(10)20-16/h2-7,20-21H,1H3. The molecular weight excluding hydrogens is 322 g/mol. The van der Waals surface area contributed by atoms with E-state index in [1.165, 1.54) is 12.1 Å². The van der Waals surface area contributed by atoms with Gasteiger partial charge in [0.1, 0.15) is 16.7 Å². The molecule has 0 aliphatic rings. The van der Waals surface area contributed by atoms with Gasteiger partial charge < -0.3 is 18.9 Å². The molecule has 5 rings (SSSR count). The zero-order valence-corrected chi connectivity index (χ0v) is 13.0. The maximum absolute atomic E-state index is 12.6. The first kappa shape index (κ1) is 13.9. The lowest BCUT2D eigenvalue weighted by atomic mass is 10.1. The van der Waals surface area contributed by atoms with Crippen molar-refractivity contribution in [1.82, 2.24) is 4.98 Å². The van der Waals surface area contributed by atoms with E-state index in [1.807, 2.05) is 18.2 Å². The Labute approximate surface area is 138 Å². The molecule has 0 bridgehead atoms. The SMILES string of the molecule is Cc1cc(O)cc2oc(=O)c3c4[nH]c5ccccc5c4c(=O)oc3c12. The van der Waals surface area contributed by atoms with Crippen molar-refractivity contribution in [3.63, 3.8) is 0 Å². The van der Waals surface area contributed by atoms with Gasteiger partial charge in [-0.1, -0.05) is 18.2 Å². The Morgan fingerprint density at radius 1 is 0.960 bits per heavy atom. The summed E-state index contributed by atoms with van der Waals surface area (Å²) < 4.78 is 10.9. The van der Waals surface area contributed by atoms with Crippen LogP contribution in [0.2, 0.25) is 0 Å². The van der Waals surface area contributed by atoms with Crippen LogP contribution in [-0.2, 0) is 0 Å². The number of aromatic nitrogens is 1. The Bertz CT molecular complexity index is 1450. The van der Waals surface area contributed by atoms with Crippen LogP contribution in [0.1, 0.15) is 5.56 Å². The van der Waals surface area contributed by atoms with E-state index >= 15 is 0 Å². The summed E-state index contributed by atoms with van der Waals surface area (Å²) in [6, 6.07) is 10.1. The van der Waals surface area contributed by atoms with Gasteiger partial charge in [-0.05, 0) is 24.6 Å². The topological polar surface area (TPSA) is 96.4 Å². The zero-order chi connectivity index (χ0) is 17.3. The average molecular weight is 333 g/mol. The summed E-state index contributed by atoms with van der Waals surface area (Å²) in [4.78, 5) is 28.3. The highest BCUT2D eigenvalue weighted by atomic mass is 16.4. The summed E-state index contributed by atoms with van der Waals surface area (Å²) in [5, 5.41) is 11.4. The zero-order valence-electron chi connectivity index (χ0n) is 13.0. The molecule has 6 heteroatoms. The van der Waals surface area contributed by atoms with E-state index in [4.69, 9.17) is 8.83 Å². The number of nitrogens with one attached hydrogen (secondary N) is 1. The van der Waals surface area contributed by atoms with Crippen LogP contribution in [0.5, 0.6) is 5.75 Å². The predicted octanol–water partition coefficient (Wildman–Crippen LogP) is 3.55. The molecule has 0 radical (unpaired) electrons. The number of rotatable bonds is 0. The monoisotopic (exact) mass is 333 g/mol. The van der Waals surface area contributed by atoms with Gasteiger partial charge in [-0.3, -0.25) is 0 Å². The lowest BCUT2D eigenvalue weighted by Crippen LogP contribution is -2.07. The highest BCUT2D eigenvalue weighted by Gasteiger charge is 2.20. The smallest absolute Gasteiger partial charge is 0.349 e. The van der Waals surface area contributed by atoms with Crippen LogP contribution >= 0.6 is 0 Å². The minimum absolute atomic E-state index is 0.0264. The molecular formula is C19H11NO5. The Morgan fingerprint density at radius 2 is 1.72 bits per heavy atom. The molecule has 3 aromatic heterocycles. The van der Waals surface area contributed by atoms with Gasteiger partial charge in [0.05, 0.1) is 16.3 Å². The number of benzene rings is 2. The van der Waals surface area contributed by atoms with Gasteiger partial charge >= 0.3 is 11.3 Å². The fraction of sp³-hybridized carbons (Fsp3) is 0.0526. The molecule has 122 valence electrons. The number of para-hydroxylation sites is 1. The maximum Gasteiger partial charge on any atom is 0.349 e. The second-order valence-electron chi connectivity index (χ2n) is 6.04. The number of aromatic amines is 1. The summed E-state index contributed by atoms with van der Waals surface area (Å²) in [6.45, 7) is 1.75. The van der Waals surface area contributed by atoms with Gasteiger partial charge in [-0.25, -0.2) is 9.59 Å². The first-order chi connectivity index (χ1) is 12.0. The Balaban J connectivity index is 2.17. The number of hydrogen-bond donors (Lipinski definition) is 2. The van der Waals surface area contributed by atoms with E-state index in [1.54, 1.807) is 13.0 Å². The van der Waals surface area contributed by atoms with Crippen LogP contribution in [-0.4, -0.2) is 10.1 Å². The highest BCUT2D eigenvalue weighted by molar-refractivity contribution is 6.18. The van der Waals surface area contributed by atoms with Gasteiger partial charge in [0, 0.05) is 17.0 Å². The van der Waals surface area contributed by atoms with Gasteiger partial charge in [-0.15, -0.1) is 0 Å². The minimum Gasteiger partial charge on any atom is -0.508 e. The molecule has 6 nitrogen and oxygen atoms in total. The predicted molar refractivity (Wildman–Crippen MR) is 94.3 cm³/mol. The largest absolute Gasteiger partial charge is 0.508 e. The first-order valence-electron chi connectivity index (χ1n) is 7.68. The molecule has 0 spiro atoms. The van der Waals surface area contributed by atoms with Crippen LogP contribution in [0.3, 0.4) is 0 Å². The van der Waals surface area contributed by atoms with E-state index in [0.717, 1.165) is 5.52 Å². The third-order valence-electron chi connectivity index (χ3n) is 4.50. The fourth-order valence-electron chi connectivity index (χ4n) is 3.48. The maximum atomic E-state index is 12.6. The molecule has 0 aliphatic carbocycles. The van der Waals surface area contributed by atoms with Crippen molar-refractivity contribution < 1.29 is 13.9 Å². The number of aryl methyl sites for hydroxylation is 1. The van der Waals surface area contributed by atoms with Gasteiger partial charge in [0.25, 0.3) is 0 Å². The summed E-state index contributed by atoms with van der Waals surface area (Å²) in [5.41, 5.74) is 0.950. The molecule has 5 aromatic rings. The third-order valence-corrected chi connectivity index (χ3v) is 4.50. The van der Waals surface area contributed by atoms with Crippen molar-refractivity contribution in [3.05, 3.63) is 62.8 Å². The summed E-state index contributed by atoms with van der Waals surface area (Å²) in [6.07, 6.45) is 0. The number of phenolic OH excluding ortho intramolecular Hbond substituents is 1. The Kier molecular flexibility index (Phi) is 2.50. The number of aromatic hydroxyl groups is 1. The number of hydrogen-bond acceptors (Lipinski definition) is 5. The van der Waals surface area contributed by atoms with Crippen molar-refractivity contribution in [2.75, 3.05) is 0 Å². The molecule has 0 atom stereocenters. The summed E-state index contributed by atoms with van der Waals surface area (Å²) in [7, 11) is 0. The van der Waals surface area contributed by atoms with Gasteiger partial charge in [-0.2, -0.15) is 0 Å². The fourth-order valence-corrected chi connectivity index (χ4v) is 3.48. The second kappa shape index (κ2) is 4.51. The molecule has 0 amide bonds. The third kappa shape index (κ3) is 1.73.